The first kappa shape index (κ1) is 40.0. The second kappa shape index (κ2) is 18.4. The summed E-state index contributed by atoms with van der Waals surface area (Å²) >= 11 is 12.5. The van der Waals surface area contributed by atoms with Crippen LogP contribution in [0.15, 0.2) is 42.5 Å². The molecule has 0 bridgehead atoms. The Bertz CT molecular complexity index is 1320. The van der Waals surface area contributed by atoms with Crippen molar-refractivity contribution in [3.05, 3.63) is 63.6 Å². The molecule has 0 unspecified atom stereocenters. The molecule has 2 rings (SSSR count). The van der Waals surface area contributed by atoms with Crippen LogP contribution in [0.3, 0.4) is 0 Å². The topological polar surface area (TPSA) is 148 Å². The molecule has 0 spiro atoms. The summed E-state index contributed by atoms with van der Waals surface area (Å²) in [6.45, 7) is 11.1. The fraction of sp³-hybridized carbons (Fsp3) is 0.533. The van der Waals surface area contributed by atoms with Gasteiger partial charge >= 0.3 is 21.3 Å². The molecular weight excluding hydrogens is 681 g/mol. The third-order valence-electron chi connectivity index (χ3n) is 5.92. The Morgan fingerprint density at radius 3 is 1.70 bits per heavy atom. The maximum absolute atomic E-state index is 13.9. The zero-order valence-electron chi connectivity index (χ0n) is 27.2. The first-order chi connectivity index (χ1) is 21.6. The van der Waals surface area contributed by atoms with Gasteiger partial charge in [0.05, 0.1) is 26.4 Å². The molecule has 258 valence electrons. The van der Waals surface area contributed by atoms with Crippen LogP contribution in [0.4, 0.5) is 4.79 Å². The Morgan fingerprint density at radius 1 is 0.783 bits per heavy atom. The second-order valence-electron chi connectivity index (χ2n) is 10.7. The van der Waals surface area contributed by atoms with Crippen LogP contribution in [0.1, 0.15) is 59.6 Å². The molecule has 0 aliphatic carbocycles. The number of alkyl carbamates (subject to hydrolysis) is 1. The Morgan fingerprint density at radius 2 is 1.26 bits per heavy atom. The zero-order valence-corrected chi connectivity index (χ0v) is 30.5. The van der Waals surface area contributed by atoms with Gasteiger partial charge < -0.3 is 38.2 Å². The van der Waals surface area contributed by atoms with Crippen LogP contribution in [0.2, 0.25) is 10.0 Å². The van der Waals surface area contributed by atoms with E-state index < -0.39 is 44.4 Å². The third-order valence-corrected chi connectivity index (χ3v) is 12.3. The second-order valence-corrected chi connectivity index (χ2v) is 16.1. The summed E-state index contributed by atoms with van der Waals surface area (Å²) in [5.74, 6) is -0.353. The fourth-order valence-corrected chi connectivity index (χ4v) is 9.49. The van der Waals surface area contributed by atoms with Crippen LogP contribution in [0.5, 0.6) is 5.75 Å². The number of rotatable bonds is 18. The van der Waals surface area contributed by atoms with Crippen LogP contribution < -0.4 is 15.4 Å². The lowest BCUT2D eigenvalue weighted by molar-refractivity contribution is -0.123. The lowest BCUT2D eigenvalue weighted by Gasteiger charge is -2.32. The molecular formula is C30H44Cl2N2O10P2. The minimum atomic E-state index is -4.33. The van der Waals surface area contributed by atoms with Crippen LogP contribution in [0.25, 0.3) is 0 Å². The molecule has 1 atom stereocenters. The van der Waals surface area contributed by atoms with Gasteiger partial charge in [0.15, 0.2) is 0 Å². The maximum Gasteiger partial charge on any atom is 0.408 e. The quantitative estimate of drug-likeness (QED) is 0.145. The van der Waals surface area contributed by atoms with Crippen LogP contribution in [0, 0.1) is 0 Å². The monoisotopic (exact) mass is 724 g/mol. The van der Waals surface area contributed by atoms with Crippen molar-refractivity contribution in [3.63, 3.8) is 0 Å². The van der Waals surface area contributed by atoms with Gasteiger partial charge in [-0.2, -0.15) is 0 Å². The van der Waals surface area contributed by atoms with Gasteiger partial charge in [0.2, 0.25) is 11.4 Å². The summed E-state index contributed by atoms with van der Waals surface area (Å²) in [4.78, 5) is 26.7. The number of carbonyl (C=O) groups excluding carboxylic acids is 2. The van der Waals surface area contributed by atoms with Gasteiger partial charge in [-0.25, -0.2) is 4.79 Å². The Hall–Kier alpha value is -2.14. The van der Waals surface area contributed by atoms with E-state index in [2.05, 4.69) is 10.6 Å². The minimum absolute atomic E-state index is 0.0461. The average molecular weight is 726 g/mol. The zero-order chi connectivity index (χ0) is 34.5. The van der Waals surface area contributed by atoms with Crippen molar-refractivity contribution >= 4 is 50.4 Å². The standard InChI is InChI=1S/C30H44Cl2N2O10P2/c1-8-40-45(37,41-9-2)29(46(38,42-10-3)43-11-4)34-27(35)26(33-28(36)44-30(5,6)7)19-21-15-17-22(18-16-21)39-20-23-24(31)13-12-14-25(23)32/h12-18,26,29H,8-11,19-20H2,1-7H3,(H,33,36)(H,34,35)/t26-/m0/s1. The fourth-order valence-electron chi connectivity index (χ4n) is 4.08. The molecule has 46 heavy (non-hydrogen) atoms. The van der Waals surface area contributed by atoms with Crippen molar-refractivity contribution in [2.75, 3.05) is 26.4 Å². The molecule has 2 aromatic carbocycles. The Balaban J connectivity index is 2.41. The summed E-state index contributed by atoms with van der Waals surface area (Å²) in [7, 11) is -8.65. The number of hydrogen-bond acceptors (Lipinski definition) is 10. The summed E-state index contributed by atoms with van der Waals surface area (Å²) in [6, 6.07) is 10.6. The third kappa shape index (κ3) is 12.1. The summed E-state index contributed by atoms with van der Waals surface area (Å²) in [6.07, 6.45) is -0.924. The maximum atomic E-state index is 13.9. The molecule has 2 N–H and O–H groups in total. The SMILES string of the molecule is CCOP(=O)(OCC)C(NC(=O)[C@H](Cc1ccc(OCc2c(Cl)cccc2Cl)cc1)NC(=O)OC(C)(C)C)P(=O)(OCC)OCC. The largest absolute Gasteiger partial charge is 0.489 e. The molecule has 0 radical (unpaired) electrons. The van der Waals surface area contributed by atoms with E-state index in [-0.39, 0.29) is 39.5 Å². The van der Waals surface area contributed by atoms with Crippen molar-refractivity contribution in [1.29, 1.82) is 0 Å². The number of benzene rings is 2. The average Bonchev–Trinajstić information content (AvgIpc) is 2.95. The van der Waals surface area contributed by atoms with Gasteiger partial charge in [0.1, 0.15) is 24.0 Å². The van der Waals surface area contributed by atoms with E-state index in [9.17, 15) is 18.7 Å². The number of hydrogen-bond donors (Lipinski definition) is 2. The van der Waals surface area contributed by atoms with Crippen molar-refractivity contribution in [2.45, 2.75) is 78.7 Å². The minimum Gasteiger partial charge on any atom is -0.489 e. The molecule has 0 saturated carbocycles. The van der Waals surface area contributed by atoms with E-state index >= 15 is 0 Å². The van der Waals surface area contributed by atoms with Crippen molar-refractivity contribution in [2.24, 2.45) is 0 Å². The van der Waals surface area contributed by atoms with Gasteiger partial charge in [-0.15, -0.1) is 0 Å². The molecule has 12 nitrogen and oxygen atoms in total. The molecule has 0 aromatic heterocycles. The number of halogens is 2. The summed E-state index contributed by atoms with van der Waals surface area (Å²) in [5.41, 5.74) is -1.44. The molecule has 2 aromatic rings. The number of nitrogens with one attached hydrogen (secondary N) is 2. The Labute approximate surface area is 281 Å². The van der Waals surface area contributed by atoms with Gasteiger partial charge in [-0.1, -0.05) is 41.4 Å². The Kier molecular flexibility index (Phi) is 16.0. The van der Waals surface area contributed by atoms with Gasteiger partial charge in [0.25, 0.3) is 0 Å². The van der Waals surface area contributed by atoms with Crippen LogP contribution >= 0.6 is 38.4 Å². The predicted molar refractivity (Wildman–Crippen MR) is 178 cm³/mol. The van der Waals surface area contributed by atoms with E-state index in [1.807, 2.05) is 0 Å². The first-order valence-electron chi connectivity index (χ1n) is 14.8. The molecule has 0 heterocycles. The molecule has 0 saturated heterocycles. The van der Waals surface area contributed by atoms with E-state index in [4.69, 9.17) is 50.8 Å². The van der Waals surface area contributed by atoms with E-state index in [1.165, 1.54) is 0 Å². The van der Waals surface area contributed by atoms with E-state index in [0.717, 1.165) is 0 Å². The smallest absolute Gasteiger partial charge is 0.408 e. The highest BCUT2D eigenvalue weighted by Gasteiger charge is 2.52. The summed E-state index contributed by atoms with van der Waals surface area (Å²) < 4.78 is 60.9. The van der Waals surface area contributed by atoms with Gasteiger partial charge in [-0.3, -0.25) is 13.9 Å². The molecule has 0 aliphatic rings. The lowest BCUT2D eigenvalue weighted by Crippen LogP contribution is -2.51. The molecule has 16 heteroatoms. The highest BCUT2D eigenvalue weighted by atomic mass is 35.5. The van der Waals surface area contributed by atoms with Crippen LogP contribution in [-0.2, 0) is 49.8 Å². The normalized spacial score (nSPS) is 12.9. The summed E-state index contributed by atoms with van der Waals surface area (Å²) in [5, 5.41) is 6.00. The lowest BCUT2D eigenvalue weighted by atomic mass is 10.1. The van der Waals surface area contributed by atoms with Gasteiger partial charge in [-0.05, 0) is 78.3 Å². The first-order valence-corrected chi connectivity index (χ1v) is 18.8. The molecule has 2 amide bonds. The number of amides is 2. The number of carbonyl (C=O) groups is 2. The predicted octanol–water partition coefficient (Wildman–Crippen LogP) is 7.94. The van der Waals surface area contributed by atoms with E-state index in [1.54, 1.807) is 90.9 Å². The molecule has 0 fully saturated rings. The highest BCUT2D eigenvalue weighted by molar-refractivity contribution is 7.72. The van der Waals surface area contributed by atoms with Crippen molar-refractivity contribution in [1.82, 2.24) is 10.6 Å². The van der Waals surface area contributed by atoms with Gasteiger partial charge in [0, 0.05) is 22.0 Å². The van der Waals surface area contributed by atoms with Crippen LogP contribution in [-0.4, -0.2) is 55.6 Å². The number of ether oxygens (including phenoxy) is 2. The highest BCUT2D eigenvalue weighted by Crippen LogP contribution is 2.69. The van der Waals surface area contributed by atoms with Crippen molar-refractivity contribution in [3.8, 4) is 5.75 Å². The van der Waals surface area contributed by atoms with Crippen molar-refractivity contribution < 1.29 is 46.3 Å². The molecule has 0 aliphatic heterocycles. The van der Waals surface area contributed by atoms with E-state index in [0.29, 0.717) is 26.9 Å².